The maximum atomic E-state index is 5.36. The van der Waals surface area contributed by atoms with E-state index in [-0.39, 0.29) is 12.4 Å². The fourth-order valence-electron chi connectivity index (χ4n) is 2.24. The summed E-state index contributed by atoms with van der Waals surface area (Å²) in [5.74, 6) is 1.95. The van der Waals surface area contributed by atoms with Crippen molar-refractivity contribution in [2.75, 3.05) is 21.3 Å². The van der Waals surface area contributed by atoms with Crippen LogP contribution in [-0.4, -0.2) is 21.3 Å². The quantitative estimate of drug-likeness (QED) is 0.754. The molecule has 126 valence electrons. The number of rotatable bonds is 7. The molecule has 0 unspecified atom stereocenters. The van der Waals surface area contributed by atoms with Crippen molar-refractivity contribution in [2.24, 2.45) is 0 Å². The molecule has 0 aliphatic carbocycles. The van der Waals surface area contributed by atoms with E-state index in [0.717, 1.165) is 16.6 Å². The molecule has 0 fully saturated rings. The van der Waals surface area contributed by atoms with Crippen LogP contribution in [0.2, 0.25) is 0 Å². The molecule has 0 spiro atoms. The first-order valence-corrected chi connectivity index (χ1v) is 7.71. The van der Waals surface area contributed by atoms with Gasteiger partial charge in [-0.25, -0.2) is 0 Å². The largest absolute Gasteiger partial charge is 0.493 e. The predicted molar refractivity (Wildman–Crippen MR) is 98.0 cm³/mol. The van der Waals surface area contributed by atoms with Gasteiger partial charge in [-0.3, -0.25) is 0 Å². The molecule has 4 nitrogen and oxygen atoms in total. The van der Waals surface area contributed by atoms with Gasteiger partial charge in [0.2, 0.25) is 5.75 Å². The van der Waals surface area contributed by atoms with Crippen LogP contribution in [0.4, 0.5) is 0 Å². The zero-order valence-corrected chi connectivity index (χ0v) is 15.8. The Hall–Kier alpha value is -1.43. The minimum Gasteiger partial charge on any atom is -0.493 e. The molecule has 1 N–H and O–H groups in total. The number of ether oxygens (including phenoxy) is 3. The van der Waals surface area contributed by atoms with Crippen molar-refractivity contribution < 1.29 is 14.2 Å². The van der Waals surface area contributed by atoms with Crippen LogP contribution in [0, 0.1) is 0 Å². The number of hydrogen-bond acceptors (Lipinski definition) is 4. The summed E-state index contributed by atoms with van der Waals surface area (Å²) in [6, 6.07) is 12.1. The molecule has 2 aromatic carbocycles. The summed E-state index contributed by atoms with van der Waals surface area (Å²) in [6.07, 6.45) is 0. The number of halogens is 2. The van der Waals surface area contributed by atoms with Gasteiger partial charge in [0.25, 0.3) is 0 Å². The fraction of sp³-hybridized carbons (Fsp3) is 0.294. The molecular weight excluding hydrogens is 382 g/mol. The third-order valence-electron chi connectivity index (χ3n) is 3.27. The Balaban J connectivity index is 0.00000264. The molecule has 0 aliphatic heterocycles. The second-order valence-electron chi connectivity index (χ2n) is 4.77. The van der Waals surface area contributed by atoms with E-state index in [2.05, 4.69) is 33.4 Å². The van der Waals surface area contributed by atoms with Crippen molar-refractivity contribution in [3.63, 3.8) is 0 Å². The Morgan fingerprint density at radius 1 is 0.870 bits per heavy atom. The van der Waals surface area contributed by atoms with E-state index in [1.807, 2.05) is 24.3 Å². The van der Waals surface area contributed by atoms with Crippen LogP contribution < -0.4 is 19.5 Å². The Kier molecular flexibility index (Phi) is 8.23. The van der Waals surface area contributed by atoms with E-state index in [9.17, 15) is 0 Å². The Bertz CT molecular complexity index is 612. The van der Waals surface area contributed by atoms with Gasteiger partial charge < -0.3 is 19.5 Å². The SMILES string of the molecule is COc1cc(CNCc2cccc(Br)c2)cc(OC)c1OC.Cl. The lowest BCUT2D eigenvalue weighted by atomic mass is 10.1. The van der Waals surface area contributed by atoms with E-state index >= 15 is 0 Å². The molecule has 0 amide bonds. The van der Waals surface area contributed by atoms with Crippen molar-refractivity contribution in [1.82, 2.24) is 5.32 Å². The molecular formula is C17H21BrClNO3. The summed E-state index contributed by atoms with van der Waals surface area (Å²) in [5, 5.41) is 3.41. The normalized spacial score (nSPS) is 9.91. The highest BCUT2D eigenvalue weighted by Crippen LogP contribution is 2.38. The van der Waals surface area contributed by atoms with Crippen LogP contribution in [-0.2, 0) is 13.1 Å². The maximum absolute atomic E-state index is 5.36. The second-order valence-corrected chi connectivity index (χ2v) is 5.68. The van der Waals surface area contributed by atoms with Gasteiger partial charge in [0.15, 0.2) is 11.5 Å². The monoisotopic (exact) mass is 401 g/mol. The number of hydrogen-bond donors (Lipinski definition) is 1. The topological polar surface area (TPSA) is 39.7 Å². The molecule has 23 heavy (non-hydrogen) atoms. The molecule has 0 saturated carbocycles. The second kappa shape index (κ2) is 9.65. The van der Waals surface area contributed by atoms with Crippen LogP contribution in [0.15, 0.2) is 40.9 Å². The molecule has 0 radical (unpaired) electrons. The molecule has 0 heterocycles. The van der Waals surface area contributed by atoms with Crippen LogP contribution in [0.1, 0.15) is 11.1 Å². The van der Waals surface area contributed by atoms with E-state index in [0.29, 0.717) is 23.8 Å². The molecule has 2 rings (SSSR count). The van der Waals surface area contributed by atoms with Gasteiger partial charge in [0.05, 0.1) is 21.3 Å². The third kappa shape index (κ3) is 5.30. The van der Waals surface area contributed by atoms with Gasteiger partial charge in [-0.05, 0) is 35.4 Å². The van der Waals surface area contributed by atoms with E-state index < -0.39 is 0 Å². The number of nitrogens with one attached hydrogen (secondary N) is 1. The zero-order chi connectivity index (χ0) is 15.9. The lowest BCUT2D eigenvalue weighted by Gasteiger charge is -2.14. The van der Waals surface area contributed by atoms with Crippen LogP contribution >= 0.6 is 28.3 Å². The summed E-state index contributed by atoms with van der Waals surface area (Å²) in [5.41, 5.74) is 2.30. The minimum atomic E-state index is 0. The number of methoxy groups -OCH3 is 3. The minimum absolute atomic E-state index is 0. The molecule has 0 aromatic heterocycles. The van der Waals surface area contributed by atoms with Gasteiger partial charge >= 0.3 is 0 Å². The van der Waals surface area contributed by atoms with Crippen molar-refractivity contribution in [3.8, 4) is 17.2 Å². The highest BCUT2D eigenvalue weighted by atomic mass is 79.9. The van der Waals surface area contributed by atoms with Crippen molar-refractivity contribution in [2.45, 2.75) is 13.1 Å². The van der Waals surface area contributed by atoms with Crippen molar-refractivity contribution >= 4 is 28.3 Å². The average molecular weight is 403 g/mol. The zero-order valence-electron chi connectivity index (χ0n) is 13.4. The standard InChI is InChI=1S/C17H20BrNO3.ClH/c1-20-15-8-13(9-16(21-2)17(15)22-3)11-19-10-12-5-4-6-14(18)7-12;/h4-9,19H,10-11H2,1-3H3;1H. The van der Waals surface area contributed by atoms with Crippen LogP contribution in [0.3, 0.4) is 0 Å². The first-order chi connectivity index (χ1) is 10.7. The van der Waals surface area contributed by atoms with Gasteiger partial charge in [-0.15, -0.1) is 12.4 Å². The summed E-state index contributed by atoms with van der Waals surface area (Å²) in [4.78, 5) is 0. The Morgan fingerprint density at radius 3 is 2.00 bits per heavy atom. The summed E-state index contributed by atoms with van der Waals surface area (Å²) < 4.78 is 17.1. The van der Waals surface area contributed by atoms with E-state index in [4.69, 9.17) is 14.2 Å². The van der Waals surface area contributed by atoms with Crippen LogP contribution in [0.25, 0.3) is 0 Å². The van der Waals surface area contributed by atoms with E-state index in [1.54, 1.807) is 21.3 Å². The van der Waals surface area contributed by atoms with Crippen molar-refractivity contribution in [3.05, 3.63) is 52.0 Å². The lowest BCUT2D eigenvalue weighted by Crippen LogP contribution is -2.13. The van der Waals surface area contributed by atoms with Gasteiger partial charge in [0.1, 0.15) is 0 Å². The molecule has 0 bridgehead atoms. The first kappa shape index (κ1) is 19.6. The smallest absolute Gasteiger partial charge is 0.203 e. The molecule has 2 aromatic rings. The van der Waals surface area contributed by atoms with Crippen LogP contribution in [0.5, 0.6) is 17.2 Å². The third-order valence-corrected chi connectivity index (χ3v) is 3.77. The van der Waals surface area contributed by atoms with Gasteiger partial charge in [-0.1, -0.05) is 28.1 Å². The fourth-order valence-corrected chi connectivity index (χ4v) is 2.68. The molecule has 0 atom stereocenters. The summed E-state index contributed by atoms with van der Waals surface area (Å²) in [6.45, 7) is 1.50. The summed E-state index contributed by atoms with van der Waals surface area (Å²) >= 11 is 3.48. The first-order valence-electron chi connectivity index (χ1n) is 6.92. The maximum Gasteiger partial charge on any atom is 0.203 e. The van der Waals surface area contributed by atoms with Crippen molar-refractivity contribution in [1.29, 1.82) is 0 Å². The van der Waals surface area contributed by atoms with E-state index in [1.165, 1.54) is 5.56 Å². The highest BCUT2D eigenvalue weighted by Gasteiger charge is 2.12. The average Bonchev–Trinajstić information content (AvgIpc) is 2.53. The predicted octanol–water partition coefficient (Wildman–Crippen LogP) is 4.19. The summed E-state index contributed by atoms with van der Waals surface area (Å²) in [7, 11) is 4.84. The van der Waals surface area contributed by atoms with Gasteiger partial charge in [-0.2, -0.15) is 0 Å². The number of benzene rings is 2. The lowest BCUT2D eigenvalue weighted by molar-refractivity contribution is 0.323. The molecule has 0 saturated heterocycles. The Morgan fingerprint density at radius 2 is 1.48 bits per heavy atom. The molecule has 6 heteroatoms. The highest BCUT2D eigenvalue weighted by molar-refractivity contribution is 9.10. The van der Waals surface area contributed by atoms with Gasteiger partial charge in [0, 0.05) is 17.6 Å². The molecule has 0 aliphatic rings. The Labute approximate surface area is 151 Å².